The van der Waals surface area contributed by atoms with E-state index < -0.39 is 47.6 Å². The Morgan fingerprint density at radius 1 is 1.16 bits per heavy atom. The summed E-state index contributed by atoms with van der Waals surface area (Å²) < 4.78 is 91.4. The number of epoxide rings is 1. The highest BCUT2D eigenvalue weighted by atomic mass is 19.4. The van der Waals surface area contributed by atoms with Crippen LogP contribution < -0.4 is 15.0 Å². The Hall–Kier alpha value is -3.28. The second kappa shape index (κ2) is 9.07. The van der Waals surface area contributed by atoms with Crippen molar-refractivity contribution in [1.29, 1.82) is 5.41 Å². The van der Waals surface area contributed by atoms with Crippen LogP contribution in [0.1, 0.15) is 16.7 Å². The molecule has 1 aliphatic rings. The minimum Gasteiger partial charge on any atom is -0.486 e. The van der Waals surface area contributed by atoms with E-state index in [1.807, 2.05) is 0 Å². The number of nitrogens with one attached hydrogen (secondary N) is 2. The first-order valence-electron chi connectivity index (χ1n) is 9.19. The van der Waals surface area contributed by atoms with E-state index in [-0.39, 0.29) is 18.7 Å². The number of hydrogen-bond donors (Lipinski definition) is 2. The van der Waals surface area contributed by atoms with Gasteiger partial charge >= 0.3 is 18.4 Å². The third-order valence-electron chi connectivity index (χ3n) is 4.42. The highest BCUT2D eigenvalue weighted by Crippen LogP contribution is 2.46. The maximum Gasteiger partial charge on any atom is 0.420 e. The van der Waals surface area contributed by atoms with Gasteiger partial charge in [-0.2, -0.15) is 26.3 Å². The molecule has 6 nitrogen and oxygen atoms in total. The lowest BCUT2D eigenvalue weighted by molar-refractivity contribution is -0.143. The highest BCUT2D eigenvalue weighted by molar-refractivity contribution is 6.08. The van der Waals surface area contributed by atoms with Crippen LogP contribution in [0.3, 0.4) is 0 Å². The Bertz CT molecular complexity index is 975. The molecule has 12 heteroatoms. The predicted molar refractivity (Wildman–Crippen MR) is 102 cm³/mol. The zero-order valence-corrected chi connectivity index (χ0v) is 16.3. The molecule has 2 aromatic rings. The van der Waals surface area contributed by atoms with Crippen molar-refractivity contribution in [3.63, 3.8) is 0 Å². The van der Waals surface area contributed by atoms with Gasteiger partial charge in [0, 0.05) is 6.54 Å². The molecule has 2 amide bonds. The summed E-state index contributed by atoms with van der Waals surface area (Å²) in [4.78, 5) is 12.8. The summed E-state index contributed by atoms with van der Waals surface area (Å²) in [6, 6.07) is 7.13. The van der Waals surface area contributed by atoms with E-state index in [2.05, 4.69) is 5.32 Å². The van der Waals surface area contributed by atoms with Gasteiger partial charge < -0.3 is 14.8 Å². The molecule has 172 valence electrons. The second-order valence-electron chi connectivity index (χ2n) is 6.78. The van der Waals surface area contributed by atoms with Gasteiger partial charge in [-0.3, -0.25) is 5.41 Å². The van der Waals surface area contributed by atoms with Crippen LogP contribution in [0.4, 0.5) is 36.8 Å². The van der Waals surface area contributed by atoms with Crippen molar-refractivity contribution >= 4 is 18.1 Å². The zero-order valence-electron chi connectivity index (χ0n) is 16.3. The Balaban J connectivity index is 2.08. The van der Waals surface area contributed by atoms with Gasteiger partial charge in [0.25, 0.3) is 0 Å². The fourth-order valence-corrected chi connectivity index (χ4v) is 2.76. The quantitative estimate of drug-likeness (QED) is 0.269. The Morgan fingerprint density at radius 3 is 2.34 bits per heavy atom. The van der Waals surface area contributed by atoms with E-state index in [0.29, 0.717) is 29.5 Å². The summed E-state index contributed by atoms with van der Waals surface area (Å²) in [5.74, 6) is -1.00. The fraction of sp³-hybridized carbons (Fsp3) is 0.300. The van der Waals surface area contributed by atoms with Gasteiger partial charge in [0.05, 0.1) is 30.3 Å². The number of rotatable bonds is 7. The van der Waals surface area contributed by atoms with Crippen molar-refractivity contribution in [3.8, 4) is 5.75 Å². The predicted octanol–water partition coefficient (Wildman–Crippen LogP) is 4.83. The van der Waals surface area contributed by atoms with Crippen molar-refractivity contribution in [1.82, 2.24) is 5.32 Å². The minimum absolute atomic E-state index is 0.0194. The molecule has 2 N–H and O–H groups in total. The Morgan fingerprint density at radius 2 is 1.81 bits per heavy atom. The number of anilines is 1. The average molecular weight is 461 g/mol. The smallest absolute Gasteiger partial charge is 0.420 e. The van der Waals surface area contributed by atoms with Crippen molar-refractivity contribution in [2.75, 3.05) is 18.1 Å². The summed E-state index contributed by atoms with van der Waals surface area (Å²) in [5.41, 5.74) is -3.78. The van der Waals surface area contributed by atoms with Gasteiger partial charge in [-0.1, -0.05) is 30.3 Å². The van der Waals surface area contributed by atoms with E-state index in [0.717, 1.165) is 0 Å². The van der Waals surface area contributed by atoms with Crippen LogP contribution in [-0.4, -0.2) is 31.6 Å². The normalized spacial score (nSPS) is 15.8. The summed E-state index contributed by atoms with van der Waals surface area (Å²) >= 11 is 0. The van der Waals surface area contributed by atoms with E-state index in [1.165, 1.54) is 0 Å². The first-order valence-corrected chi connectivity index (χ1v) is 9.19. The molecule has 0 bridgehead atoms. The molecule has 1 saturated heterocycles. The molecule has 1 heterocycles. The molecule has 1 unspecified atom stereocenters. The third-order valence-corrected chi connectivity index (χ3v) is 4.42. The molecule has 1 atom stereocenters. The van der Waals surface area contributed by atoms with Crippen LogP contribution in [0.2, 0.25) is 0 Å². The van der Waals surface area contributed by atoms with Crippen molar-refractivity contribution in [2.24, 2.45) is 0 Å². The number of carbonyl (C=O) groups excluding carboxylic acids is 1. The number of benzene rings is 2. The van der Waals surface area contributed by atoms with E-state index in [1.54, 1.807) is 30.3 Å². The van der Waals surface area contributed by atoms with Crippen LogP contribution in [0.5, 0.6) is 5.75 Å². The maximum absolute atomic E-state index is 13.7. The zero-order chi connectivity index (χ0) is 23.5. The third kappa shape index (κ3) is 5.69. The molecule has 3 rings (SSSR count). The average Bonchev–Trinajstić information content (AvgIpc) is 3.55. The number of carbonyl (C=O) groups is 1. The van der Waals surface area contributed by atoms with Crippen molar-refractivity contribution in [2.45, 2.75) is 25.1 Å². The molecule has 0 aliphatic carbocycles. The number of halogens is 6. The van der Waals surface area contributed by atoms with Crippen molar-refractivity contribution < 1.29 is 40.6 Å². The fourth-order valence-electron chi connectivity index (χ4n) is 2.76. The minimum atomic E-state index is -5.23. The Labute approximate surface area is 178 Å². The summed E-state index contributed by atoms with van der Waals surface area (Å²) in [7, 11) is 0. The summed E-state index contributed by atoms with van der Waals surface area (Å²) in [6.45, 7) is -0.0712. The highest BCUT2D eigenvalue weighted by Gasteiger charge is 2.42. The first kappa shape index (κ1) is 23.4. The molecular formula is C20H17F6N3O3. The molecule has 1 fully saturated rings. The van der Waals surface area contributed by atoms with Crippen LogP contribution >= 0.6 is 0 Å². The number of amides is 2. The standard InChI is InChI=1S/C20H17F6N3O3/c21-19(22,23)13-6-15(20(24,25)26)17(32-9-12-4-2-1-3-5-12)16(7-13)29(11-27)18(30)28-8-14-10-31-14/h1-7,11,14,27H,8-10H2,(H,28,30). The number of ether oxygens (including phenoxy) is 2. The molecule has 32 heavy (non-hydrogen) atoms. The molecule has 0 aromatic heterocycles. The maximum atomic E-state index is 13.7. The van der Waals surface area contributed by atoms with Gasteiger partial charge in [-0.25, -0.2) is 9.69 Å². The molecule has 0 radical (unpaired) electrons. The van der Waals surface area contributed by atoms with Crippen LogP contribution in [0.15, 0.2) is 42.5 Å². The lowest BCUT2D eigenvalue weighted by Gasteiger charge is -2.25. The number of urea groups is 1. The molecular weight excluding hydrogens is 444 g/mol. The number of nitrogens with zero attached hydrogens (tertiary/aromatic N) is 1. The monoisotopic (exact) mass is 461 g/mol. The molecule has 2 aromatic carbocycles. The lowest BCUT2D eigenvalue weighted by atomic mass is 10.1. The summed E-state index contributed by atoms with van der Waals surface area (Å²) in [5, 5.41) is 9.77. The summed E-state index contributed by atoms with van der Waals surface area (Å²) in [6.07, 6.45) is -10.4. The second-order valence-corrected chi connectivity index (χ2v) is 6.78. The SMILES string of the molecule is N=CN(C(=O)NCC1CO1)c1cc(C(F)(F)F)cc(C(F)(F)F)c1OCc1ccccc1. The largest absolute Gasteiger partial charge is 0.486 e. The molecule has 0 spiro atoms. The number of alkyl halides is 6. The van der Waals surface area contributed by atoms with Gasteiger partial charge in [0.15, 0.2) is 5.75 Å². The molecule has 1 aliphatic heterocycles. The lowest BCUT2D eigenvalue weighted by Crippen LogP contribution is -2.41. The number of hydrogen-bond acceptors (Lipinski definition) is 4. The van der Waals surface area contributed by atoms with Crippen molar-refractivity contribution in [3.05, 3.63) is 59.2 Å². The van der Waals surface area contributed by atoms with E-state index in [9.17, 15) is 31.1 Å². The van der Waals surface area contributed by atoms with Gasteiger partial charge in [0.1, 0.15) is 12.2 Å². The van der Waals surface area contributed by atoms with Gasteiger partial charge in [-0.05, 0) is 17.7 Å². The van der Waals surface area contributed by atoms with Gasteiger partial charge in [0.2, 0.25) is 0 Å². The first-order chi connectivity index (χ1) is 15.0. The van der Waals surface area contributed by atoms with E-state index in [4.69, 9.17) is 14.9 Å². The Kier molecular flexibility index (Phi) is 6.63. The van der Waals surface area contributed by atoms with Crippen LogP contribution in [0.25, 0.3) is 0 Å². The van der Waals surface area contributed by atoms with E-state index >= 15 is 0 Å². The van der Waals surface area contributed by atoms with Crippen LogP contribution in [0, 0.1) is 5.41 Å². The van der Waals surface area contributed by atoms with Gasteiger partial charge in [-0.15, -0.1) is 0 Å². The van der Waals surface area contributed by atoms with Crippen LogP contribution in [-0.2, 0) is 23.7 Å². The topological polar surface area (TPSA) is 78.0 Å². The molecule has 0 saturated carbocycles.